The molecule has 1 amide bonds. The molecule has 110 valence electrons. The molecule has 21 heavy (non-hydrogen) atoms. The van der Waals surface area contributed by atoms with Crippen molar-refractivity contribution in [2.75, 3.05) is 11.9 Å². The van der Waals surface area contributed by atoms with Crippen LogP contribution in [0.2, 0.25) is 5.15 Å². The molecule has 2 aromatic rings. The number of pyridine rings is 1. The van der Waals surface area contributed by atoms with Crippen molar-refractivity contribution in [1.82, 2.24) is 14.8 Å². The molecule has 0 radical (unpaired) electrons. The first-order chi connectivity index (χ1) is 9.99. The van der Waals surface area contributed by atoms with Crippen molar-refractivity contribution in [2.45, 2.75) is 6.92 Å². The third-order valence-corrected chi connectivity index (χ3v) is 3.12. The second kappa shape index (κ2) is 6.36. The molecule has 8 heteroatoms. The number of hydrogen-bond acceptors (Lipinski definition) is 5. The van der Waals surface area contributed by atoms with Crippen molar-refractivity contribution in [3.8, 4) is 0 Å². The highest BCUT2D eigenvalue weighted by Gasteiger charge is 2.16. The molecule has 0 saturated heterocycles. The Labute approximate surface area is 125 Å². The number of amides is 1. The molecule has 0 aliphatic rings. The molecule has 1 N–H and O–H groups in total. The normalized spacial score (nSPS) is 10.2. The van der Waals surface area contributed by atoms with Crippen LogP contribution in [0.3, 0.4) is 0 Å². The van der Waals surface area contributed by atoms with E-state index in [1.165, 1.54) is 12.4 Å². The Morgan fingerprint density at radius 3 is 2.86 bits per heavy atom. The third-order valence-electron chi connectivity index (χ3n) is 2.82. The minimum atomic E-state index is -0.604. The highest BCUT2D eigenvalue weighted by molar-refractivity contribution is 6.32. The Hall–Kier alpha value is -2.41. The quantitative estimate of drug-likeness (QED) is 0.684. The Morgan fingerprint density at radius 2 is 2.24 bits per heavy atom. The van der Waals surface area contributed by atoms with Crippen LogP contribution in [0.5, 0.6) is 0 Å². The van der Waals surface area contributed by atoms with Crippen molar-refractivity contribution in [2.24, 2.45) is 7.05 Å². The number of carbonyl (C=O) groups excluding carboxylic acids is 2. The van der Waals surface area contributed by atoms with Gasteiger partial charge in [-0.05, 0) is 19.1 Å². The lowest BCUT2D eigenvalue weighted by Crippen LogP contribution is -2.21. The Kier molecular flexibility index (Phi) is 4.54. The van der Waals surface area contributed by atoms with Crippen molar-refractivity contribution in [1.29, 1.82) is 0 Å². The predicted octanol–water partition coefficient (Wildman–Crippen LogP) is 1.57. The standard InChI is InChI=1S/C13H13ClN4O3/c1-8-9(6-16-18(8)2)13(20)21-7-11(19)17-10-4-3-5-15-12(10)14/h3-6H,7H2,1-2H3,(H,17,19). The molecule has 0 saturated carbocycles. The summed E-state index contributed by atoms with van der Waals surface area (Å²) in [6.07, 6.45) is 2.90. The van der Waals surface area contributed by atoms with Crippen molar-refractivity contribution in [3.63, 3.8) is 0 Å². The summed E-state index contributed by atoms with van der Waals surface area (Å²) in [6, 6.07) is 3.23. The second-order valence-electron chi connectivity index (χ2n) is 4.23. The van der Waals surface area contributed by atoms with E-state index in [0.29, 0.717) is 16.9 Å². The number of anilines is 1. The van der Waals surface area contributed by atoms with Crippen molar-refractivity contribution in [3.05, 3.63) is 40.9 Å². The van der Waals surface area contributed by atoms with Crippen LogP contribution in [0.4, 0.5) is 5.69 Å². The number of nitrogens with one attached hydrogen (secondary N) is 1. The van der Waals surface area contributed by atoms with Gasteiger partial charge in [-0.1, -0.05) is 11.6 Å². The van der Waals surface area contributed by atoms with Crippen LogP contribution in [0.1, 0.15) is 16.1 Å². The van der Waals surface area contributed by atoms with Crippen LogP contribution in [-0.4, -0.2) is 33.2 Å². The minimum absolute atomic E-state index is 0.167. The number of esters is 1. The maximum absolute atomic E-state index is 11.8. The van der Waals surface area contributed by atoms with Gasteiger partial charge in [0.05, 0.1) is 11.9 Å². The zero-order chi connectivity index (χ0) is 15.4. The van der Waals surface area contributed by atoms with Crippen molar-refractivity contribution >= 4 is 29.2 Å². The molecule has 0 aromatic carbocycles. The average Bonchev–Trinajstić information content (AvgIpc) is 2.79. The van der Waals surface area contributed by atoms with Gasteiger partial charge in [0.2, 0.25) is 0 Å². The molecule has 2 aromatic heterocycles. The molecule has 0 fully saturated rings. The SMILES string of the molecule is Cc1c(C(=O)OCC(=O)Nc2cccnc2Cl)cnn1C. The van der Waals surface area contributed by atoms with E-state index >= 15 is 0 Å². The number of halogens is 1. The van der Waals surface area contributed by atoms with E-state index in [0.717, 1.165) is 0 Å². The van der Waals surface area contributed by atoms with Gasteiger partial charge in [0.15, 0.2) is 11.8 Å². The van der Waals surface area contributed by atoms with E-state index in [4.69, 9.17) is 16.3 Å². The van der Waals surface area contributed by atoms with Gasteiger partial charge < -0.3 is 10.1 Å². The second-order valence-corrected chi connectivity index (χ2v) is 4.59. The van der Waals surface area contributed by atoms with E-state index < -0.39 is 18.5 Å². The van der Waals surface area contributed by atoms with E-state index in [1.807, 2.05) is 0 Å². The molecular formula is C13H13ClN4O3. The molecule has 2 heterocycles. The summed E-state index contributed by atoms with van der Waals surface area (Å²) < 4.78 is 6.48. The highest BCUT2D eigenvalue weighted by atomic mass is 35.5. The van der Waals surface area contributed by atoms with Gasteiger partial charge >= 0.3 is 5.97 Å². The lowest BCUT2D eigenvalue weighted by molar-refractivity contribution is -0.119. The maximum Gasteiger partial charge on any atom is 0.342 e. The molecule has 0 spiro atoms. The summed E-state index contributed by atoms with van der Waals surface area (Å²) in [4.78, 5) is 27.3. The highest BCUT2D eigenvalue weighted by Crippen LogP contribution is 2.17. The van der Waals surface area contributed by atoms with Crippen LogP contribution >= 0.6 is 11.6 Å². The molecule has 2 rings (SSSR count). The first-order valence-corrected chi connectivity index (χ1v) is 6.43. The fourth-order valence-corrected chi connectivity index (χ4v) is 1.74. The molecular weight excluding hydrogens is 296 g/mol. The fraction of sp³-hybridized carbons (Fsp3) is 0.231. The zero-order valence-corrected chi connectivity index (χ0v) is 12.2. The van der Waals surface area contributed by atoms with Gasteiger partial charge in [-0.2, -0.15) is 5.10 Å². The molecule has 0 bridgehead atoms. The molecule has 0 aliphatic heterocycles. The van der Waals surface area contributed by atoms with Gasteiger partial charge in [-0.25, -0.2) is 9.78 Å². The summed E-state index contributed by atoms with van der Waals surface area (Å²) in [6.45, 7) is 1.32. The smallest absolute Gasteiger partial charge is 0.342 e. The minimum Gasteiger partial charge on any atom is -0.452 e. The first-order valence-electron chi connectivity index (χ1n) is 6.05. The van der Waals surface area contributed by atoms with Gasteiger partial charge in [0, 0.05) is 18.9 Å². The van der Waals surface area contributed by atoms with Crippen LogP contribution in [-0.2, 0) is 16.6 Å². The maximum atomic E-state index is 11.8. The lowest BCUT2D eigenvalue weighted by Gasteiger charge is -2.07. The van der Waals surface area contributed by atoms with Gasteiger partial charge in [0.25, 0.3) is 5.91 Å². The number of ether oxygens (including phenoxy) is 1. The number of aromatic nitrogens is 3. The lowest BCUT2D eigenvalue weighted by atomic mass is 10.3. The molecule has 0 aliphatic carbocycles. The Balaban J connectivity index is 1.91. The Morgan fingerprint density at radius 1 is 1.48 bits per heavy atom. The molecule has 7 nitrogen and oxygen atoms in total. The van der Waals surface area contributed by atoms with Crippen LogP contribution in [0.25, 0.3) is 0 Å². The zero-order valence-electron chi connectivity index (χ0n) is 11.5. The predicted molar refractivity (Wildman–Crippen MR) is 76.1 cm³/mol. The number of carbonyl (C=O) groups is 2. The van der Waals surface area contributed by atoms with Crippen LogP contribution in [0.15, 0.2) is 24.5 Å². The Bertz CT molecular complexity index is 684. The van der Waals surface area contributed by atoms with E-state index in [9.17, 15) is 9.59 Å². The van der Waals surface area contributed by atoms with Gasteiger partial charge in [0.1, 0.15) is 5.56 Å². The first kappa shape index (κ1) is 15.0. The summed E-state index contributed by atoms with van der Waals surface area (Å²) in [5, 5.41) is 6.61. The fourth-order valence-electron chi connectivity index (χ4n) is 1.57. The van der Waals surface area contributed by atoms with E-state index in [2.05, 4.69) is 15.4 Å². The van der Waals surface area contributed by atoms with Crippen LogP contribution in [0, 0.1) is 6.92 Å². The van der Waals surface area contributed by atoms with E-state index in [1.54, 1.807) is 30.8 Å². The summed E-state index contributed by atoms with van der Waals surface area (Å²) in [7, 11) is 1.71. The molecule has 0 atom stereocenters. The van der Waals surface area contributed by atoms with Gasteiger partial charge in [-0.15, -0.1) is 0 Å². The average molecular weight is 309 g/mol. The largest absolute Gasteiger partial charge is 0.452 e. The summed E-state index contributed by atoms with van der Waals surface area (Å²) >= 11 is 5.81. The van der Waals surface area contributed by atoms with Crippen molar-refractivity contribution < 1.29 is 14.3 Å². The molecule has 0 unspecified atom stereocenters. The van der Waals surface area contributed by atoms with Gasteiger partial charge in [-0.3, -0.25) is 9.48 Å². The third kappa shape index (κ3) is 3.57. The number of rotatable bonds is 4. The summed E-state index contributed by atoms with van der Waals surface area (Å²) in [5.74, 6) is -1.10. The topological polar surface area (TPSA) is 86.1 Å². The van der Waals surface area contributed by atoms with Crippen LogP contribution < -0.4 is 5.32 Å². The number of hydrogen-bond donors (Lipinski definition) is 1. The number of nitrogens with zero attached hydrogens (tertiary/aromatic N) is 3. The van der Waals surface area contributed by atoms with E-state index in [-0.39, 0.29) is 5.15 Å². The summed E-state index contributed by atoms with van der Waals surface area (Å²) in [5.41, 5.74) is 1.35. The monoisotopic (exact) mass is 308 g/mol. The number of aryl methyl sites for hydroxylation is 1.